The van der Waals surface area contributed by atoms with E-state index in [4.69, 9.17) is 16.7 Å². The molecule has 0 aliphatic carbocycles. The molecule has 182 valence electrons. The minimum absolute atomic E-state index is 0.196. The van der Waals surface area contributed by atoms with Gasteiger partial charge in [-0.2, -0.15) is 14.6 Å². The van der Waals surface area contributed by atoms with Crippen LogP contribution in [-0.4, -0.2) is 67.0 Å². The molecule has 36 heavy (non-hydrogen) atoms. The first-order chi connectivity index (χ1) is 17.6. The van der Waals surface area contributed by atoms with Crippen LogP contribution in [0.1, 0.15) is 5.56 Å². The molecule has 1 aliphatic heterocycles. The summed E-state index contributed by atoms with van der Waals surface area (Å²) in [5.74, 6) is 0.940. The van der Waals surface area contributed by atoms with Crippen molar-refractivity contribution in [2.45, 2.75) is 13.1 Å². The van der Waals surface area contributed by atoms with Gasteiger partial charge in [-0.3, -0.25) is 4.90 Å². The van der Waals surface area contributed by atoms with Crippen molar-refractivity contribution in [1.29, 1.82) is 0 Å². The van der Waals surface area contributed by atoms with Crippen LogP contribution >= 0.6 is 0 Å². The van der Waals surface area contributed by atoms with Gasteiger partial charge in [0.05, 0.1) is 30.1 Å². The number of hydrogen-bond acceptors (Lipinski definition) is 8. The summed E-state index contributed by atoms with van der Waals surface area (Å²) in [5.41, 5.74) is 8.70. The monoisotopic (exact) mass is 486 g/mol. The maximum absolute atomic E-state index is 14.6. The van der Waals surface area contributed by atoms with E-state index >= 15 is 0 Å². The topological polar surface area (TPSA) is 111 Å². The molecule has 5 aromatic rings. The van der Waals surface area contributed by atoms with Crippen molar-refractivity contribution < 1.29 is 8.81 Å². The van der Waals surface area contributed by atoms with Crippen molar-refractivity contribution >= 4 is 28.3 Å². The van der Waals surface area contributed by atoms with Gasteiger partial charge in [0.25, 0.3) is 0 Å². The molecular weight excluding hydrogens is 463 g/mol. The summed E-state index contributed by atoms with van der Waals surface area (Å²) in [5, 5.41) is 9.71. The number of rotatable bonds is 6. The number of nitrogens with zero attached hydrogens (tertiary/aromatic N) is 9. The highest BCUT2D eigenvalue weighted by molar-refractivity contribution is 5.90. The van der Waals surface area contributed by atoms with E-state index in [1.165, 1.54) is 10.6 Å². The number of nitrogens with two attached hydrogens (primary N) is 1. The van der Waals surface area contributed by atoms with Gasteiger partial charge in [0.1, 0.15) is 5.82 Å². The lowest BCUT2D eigenvalue weighted by atomic mass is 10.1. The summed E-state index contributed by atoms with van der Waals surface area (Å²) in [4.78, 5) is 16.8. The molecular formula is C24H23FN10O. The van der Waals surface area contributed by atoms with E-state index in [0.29, 0.717) is 40.7 Å². The number of furan rings is 1. The zero-order chi connectivity index (χ0) is 24.6. The number of hydrogen-bond donors (Lipinski definition) is 1. The van der Waals surface area contributed by atoms with Gasteiger partial charge in [0, 0.05) is 38.3 Å². The number of nitrogen functional groups attached to an aromatic ring is 1. The quantitative estimate of drug-likeness (QED) is 0.365. The highest BCUT2D eigenvalue weighted by atomic mass is 19.1. The third-order valence-corrected chi connectivity index (χ3v) is 6.45. The van der Waals surface area contributed by atoms with Gasteiger partial charge in [-0.15, -0.1) is 5.10 Å². The smallest absolute Gasteiger partial charge is 0.239 e. The molecule has 0 radical (unpaired) electrons. The molecule has 1 aliphatic rings. The van der Waals surface area contributed by atoms with Crippen LogP contribution in [0.25, 0.3) is 33.1 Å². The molecule has 1 fully saturated rings. The summed E-state index contributed by atoms with van der Waals surface area (Å²) in [6.07, 6.45) is 3.30. The van der Waals surface area contributed by atoms with E-state index in [1.807, 2.05) is 10.7 Å². The first kappa shape index (κ1) is 22.0. The first-order valence-corrected chi connectivity index (χ1v) is 11.6. The van der Waals surface area contributed by atoms with Gasteiger partial charge in [-0.05, 0) is 30.3 Å². The maximum Gasteiger partial charge on any atom is 0.239 e. The molecule has 0 amide bonds. The molecule has 6 rings (SSSR count). The van der Waals surface area contributed by atoms with Crippen molar-refractivity contribution in [2.75, 3.05) is 43.4 Å². The second-order valence-electron chi connectivity index (χ2n) is 8.65. The standard InChI is InChI=1S/C24H23FN10O/c1-27-14-16-4-5-19(18(25)13-16)33-9-6-32(7-10-33)8-11-34-22-17(15-28-34)23-29-21(20-3-2-12-36-20)31-35(23)24(26)30-22/h2-5,12-13,15H,6-11,14H2,(H2,26,30). The van der Waals surface area contributed by atoms with Gasteiger partial charge in [-0.25, -0.2) is 20.6 Å². The Labute approximate surface area is 205 Å². The van der Waals surface area contributed by atoms with Crippen LogP contribution in [0.15, 0.2) is 47.2 Å². The van der Waals surface area contributed by atoms with Crippen molar-refractivity contribution in [3.63, 3.8) is 0 Å². The Bertz CT molecular complexity index is 1570. The van der Waals surface area contributed by atoms with Crippen LogP contribution in [0.5, 0.6) is 0 Å². The molecule has 2 N–H and O–H groups in total. The molecule has 5 heterocycles. The van der Waals surface area contributed by atoms with Gasteiger partial charge in [-0.1, -0.05) is 0 Å². The Kier molecular flexibility index (Phi) is 5.46. The lowest BCUT2D eigenvalue weighted by Crippen LogP contribution is -2.47. The van der Waals surface area contributed by atoms with Crippen molar-refractivity contribution in [1.82, 2.24) is 34.3 Å². The van der Waals surface area contributed by atoms with Crippen LogP contribution < -0.4 is 10.6 Å². The molecule has 0 bridgehead atoms. The van der Waals surface area contributed by atoms with Crippen LogP contribution in [0.2, 0.25) is 0 Å². The van der Waals surface area contributed by atoms with Crippen molar-refractivity contribution in [3.05, 3.63) is 65.6 Å². The van der Waals surface area contributed by atoms with Crippen LogP contribution in [0.4, 0.5) is 16.0 Å². The summed E-state index contributed by atoms with van der Waals surface area (Å²) < 4.78 is 23.3. The second kappa shape index (κ2) is 8.94. The van der Waals surface area contributed by atoms with E-state index in [-0.39, 0.29) is 18.3 Å². The Morgan fingerprint density at radius 1 is 1.08 bits per heavy atom. The molecule has 0 saturated carbocycles. The average molecular weight is 487 g/mol. The van der Waals surface area contributed by atoms with E-state index < -0.39 is 0 Å². The number of benzene rings is 1. The van der Waals surface area contributed by atoms with Gasteiger partial charge < -0.3 is 19.9 Å². The fourth-order valence-electron chi connectivity index (χ4n) is 4.58. The second-order valence-corrected chi connectivity index (χ2v) is 8.65. The predicted octanol–water partition coefficient (Wildman–Crippen LogP) is 2.70. The molecule has 0 atom stereocenters. The minimum Gasteiger partial charge on any atom is -0.461 e. The molecule has 4 aromatic heterocycles. The van der Waals surface area contributed by atoms with Crippen LogP contribution in [0.3, 0.4) is 0 Å². The third kappa shape index (κ3) is 3.89. The minimum atomic E-state index is -0.272. The number of halogens is 1. The summed E-state index contributed by atoms with van der Waals surface area (Å²) in [7, 11) is 0. The molecule has 0 spiro atoms. The normalized spacial score (nSPS) is 14.6. The van der Waals surface area contributed by atoms with Crippen LogP contribution in [0, 0.1) is 12.4 Å². The number of fused-ring (bicyclic) bond motifs is 3. The Balaban J connectivity index is 1.14. The maximum atomic E-state index is 14.6. The number of aromatic nitrogens is 6. The number of anilines is 2. The van der Waals surface area contributed by atoms with Gasteiger partial charge >= 0.3 is 0 Å². The summed E-state index contributed by atoms with van der Waals surface area (Å²) >= 11 is 0. The van der Waals surface area contributed by atoms with E-state index in [2.05, 4.69) is 34.8 Å². The van der Waals surface area contributed by atoms with Gasteiger partial charge in [0.15, 0.2) is 17.1 Å². The highest BCUT2D eigenvalue weighted by Crippen LogP contribution is 2.24. The SMILES string of the molecule is [C-]#[N+]Cc1ccc(N2CCN(CCn3ncc4c3nc(N)n3nc(-c5ccco5)nc43)CC2)c(F)c1. The predicted molar refractivity (Wildman–Crippen MR) is 132 cm³/mol. The Morgan fingerprint density at radius 3 is 2.69 bits per heavy atom. The van der Waals surface area contributed by atoms with Crippen molar-refractivity contribution in [3.8, 4) is 11.6 Å². The Hall–Kier alpha value is -4.50. The van der Waals surface area contributed by atoms with Gasteiger partial charge in [0.2, 0.25) is 18.3 Å². The zero-order valence-corrected chi connectivity index (χ0v) is 19.4. The van der Waals surface area contributed by atoms with E-state index in [9.17, 15) is 4.39 Å². The lowest BCUT2D eigenvalue weighted by molar-refractivity contribution is 0.245. The molecule has 0 unspecified atom stereocenters. The van der Waals surface area contributed by atoms with Crippen molar-refractivity contribution in [2.24, 2.45) is 0 Å². The highest BCUT2D eigenvalue weighted by Gasteiger charge is 2.21. The fraction of sp³-hybridized carbons (Fsp3) is 0.292. The zero-order valence-electron chi connectivity index (χ0n) is 19.4. The first-order valence-electron chi connectivity index (χ1n) is 11.6. The van der Waals surface area contributed by atoms with E-state index in [1.54, 1.807) is 30.7 Å². The number of piperazine rings is 1. The third-order valence-electron chi connectivity index (χ3n) is 6.45. The molecule has 1 saturated heterocycles. The summed E-state index contributed by atoms with van der Waals surface area (Å²) in [6, 6.07) is 8.64. The Morgan fingerprint density at radius 2 is 1.94 bits per heavy atom. The molecule has 12 heteroatoms. The van der Waals surface area contributed by atoms with Crippen LogP contribution in [-0.2, 0) is 13.1 Å². The largest absolute Gasteiger partial charge is 0.461 e. The fourth-order valence-corrected chi connectivity index (χ4v) is 4.58. The molecule has 1 aromatic carbocycles. The average Bonchev–Trinajstić information content (AvgIpc) is 3.63. The lowest BCUT2D eigenvalue weighted by Gasteiger charge is -2.36. The van der Waals surface area contributed by atoms with E-state index in [0.717, 1.165) is 38.1 Å². The summed E-state index contributed by atoms with van der Waals surface area (Å²) in [6.45, 7) is 11.6. The molecule has 11 nitrogen and oxygen atoms in total.